The van der Waals surface area contributed by atoms with Crippen LogP contribution in [0.2, 0.25) is 0 Å². The van der Waals surface area contributed by atoms with Crippen LogP contribution < -0.4 is 21.3 Å². The molecule has 5 N–H and O–H groups in total. The van der Waals surface area contributed by atoms with Crippen LogP contribution in [-0.2, 0) is 17.8 Å². The summed E-state index contributed by atoms with van der Waals surface area (Å²) in [7, 11) is 0. The van der Waals surface area contributed by atoms with E-state index in [1.165, 1.54) is 24.8 Å². The third-order valence-electron chi connectivity index (χ3n) is 9.14. The second kappa shape index (κ2) is 13.6. The lowest BCUT2D eigenvalue weighted by atomic mass is 9.79. The van der Waals surface area contributed by atoms with Gasteiger partial charge in [0.1, 0.15) is 0 Å². The van der Waals surface area contributed by atoms with E-state index in [1.807, 2.05) is 18.2 Å². The van der Waals surface area contributed by atoms with Crippen LogP contribution in [0.3, 0.4) is 0 Å². The van der Waals surface area contributed by atoms with E-state index in [-0.39, 0.29) is 43.3 Å². The molecule has 0 aromatic heterocycles. The highest BCUT2D eigenvalue weighted by molar-refractivity contribution is 6.22. The van der Waals surface area contributed by atoms with Gasteiger partial charge in [0, 0.05) is 24.3 Å². The Labute approximate surface area is 267 Å². The zero-order chi connectivity index (χ0) is 32.2. The number of urea groups is 1. The van der Waals surface area contributed by atoms with Crippen LogP contribution in [-0.4, -0.2) is 41.4 Å². The number of carbonyl (C=O) groups excluding carboxylic acids is 4. The van der Waals surface area contributed by atoms with Crippen molar-refractivity contribution in [1.29, 1.82) is 0 Å². The second-order valence-corrected chi connectivity index (χ2v) is 12.5. The zero-order valence-corrected chi connectivity index (χ0v) is 25.6. The summed E-state index contributed by atoms with van der Waals surface area (Å²) in [5, 5.41) is 19.6. The predicted molar refractivity (Wildman–Crippen MR) is 173 cm³/mol. The fourth-order valence-corrected chi connectivity index (χ4v) is 6.56. The molecule has 0 atom stereocenters. The maximum absolute atomic E-state index is 13.0. The van der Waals surface area contributed by atoms with Crippen molar-refractivity contribution in [2.75, 3.05) is 11.9 Å². The average Bonchev–Trinajstić information content (AvgIpc) is 3.82. The van der Waals surface area contributed by atoms with Crippen molar-refractivity contribution in [3.05, 3.63) is 88.0 Å². The summed E-state index contributed by atoms with van der Waals surface area (Å²) in [5.41, 5.74) is 6.81. The number of hydrogen-bond acceptors (Lipinski definition) is 5. The largest absolute Gasteiger partial charge is 0.481 e. The van der Waals surface area contributed by atoms with E-state index in [2.05, 4.69) is 27.3 Å². The van der Waals surface area contributed by atoms with Crippen molar-refractivity contribution < 1.29 is 29.1 Å². The molecule has 0 radical (unpaired) electrons. The van der Waals surface area contributed by atoms with Crippen LogP contribution in [0, 0.1) is 5.92 Å². The number of rotatable bonds is 11. The van der Waals surface area contributed by atoms with E-state index in [0.29, 0.717) is 34.2 Å². The minimum absolute atomic E-state index is 0.0459. The third kappa shape index (κ3) is 7.11. The molecule has 238 valence electrons. The SMILES string of the molecule is O=C(O)CCNC(=O)c1ccc(CNC(=O)Nc2ccc(C3CCCCC3)c(-c3ccc4c(c3CC3CC3)C(=O)NC4=O)c2)cc1. The van der Waals surface area contributed by atoms with Crippen LogP contribution in [0.5, 0.6) is 0 Å². The lowest BCUT2D eigenvalue weighted by Gasteiger charge is -2.26. The number of carboxylic acid groups (broad SMARTS) is 1. The molecular formula is C36H38N4O6. The molecule has 6 rings (SSSR count). The first kappa shape index (κ1) is 31.0. The van der Waals surface area contributed by atoms with E-state index in [4.69, 9.17) is 5.11 Å². The van der Waals surface area contributed by atoms with Gasteiger partial charge in [0.2, 0.25) is 0 Å². The van der Waals surface area contributed by atoms with Crippen molar-refractivity contribution in [2.45, 2.75) is 70.3 Å². The van der Waals surface area contributed by atoms with E-state index in [1.54, 1.807) is 30.3 Å². The van der Waals surface area contributed by atoms with Gasteiger partial charge in [0.05, 0.1) is 17.5 Å². The van der Waals surface area contributed by atoms with Crippen molar-refractivity contribution >= 4 is 35.4 Å². The number of benzene rings is 3. The first-order chi connectivity index (χ1) is 22.3. The summed E-state index contributed by atoms with van der Waals surface area (Å²) in [6.45, 7) is 0.281. The van der Waals surface area contributed by atoms with Crippen molar-refractivity contribution in [3.8, 4) is 11.1 Å². The van der Waals surface area contributed by atoms with E-state index in [9.17, 15) is 24.0 Å². The monoisotopic (exact) mass is 622 g/mol. The van der Waals surface area contributed by atoms with E-state index < -0.39 is 5.97 Å². The highest BCUT2D eigenvalue weighted by Crippen LogP contribution is 2.44. The Morgan fingerprint density at radius 1 is 0.804 bits per heavy atom. The van der Waals surface area contributed by atoms with Gasteiger partial charge in [-0.15, -0.1) is 0 Å². The fourth-order valence-electron chi connectivity index (χ4n) is 6.56. The third-order valence-corrected chi connectivity index (χ3v) is 9.14. The zero-order valence-electron chi connectivity index (χ0n) is 25.6. The van der Waals surface area contributed by atoms with Gasteiger partial charge in [-0.1, -0.05) is 43.5 Å². The van der Waals surface area contributed by atoms with Gasteiger partial charge < -0.3 is 21.1 Å². The number of nitrogens with one attached hydrogen (secondary N) is 4. The minimum Gasteiger partial charge on any atom is -0.481 e. The van der Waals surface area contributed by atoms with Gasteiger partial charge in [-0.3, -0.25) is 24.5 Å². The number of carbonyl (C=O) groups is 5. The first-order valence-electron chi connectivity index (χ1n) is 16.1. The molecule has 0 bridgehead atoms. The summed E-state index contributed by atoms with van der Waals surface area (Å²) < 4.78 is 0. The predicted octanol–water partition coefficient (Wildman–Crippen LogP) is 5.76. The van der Waals surface area contributed by atoms with Crippen molar-refractivity contribution in [3.63, 3.8) is 0 Å². The number of carboxylic acids is 1. The molecule has 46 heavy (non-hydrogen) atoms. The summed E-state index contributed by atoms with van der Waals surface area (Å²) in [6, 6.07) is 16.1. The van der Waals surface area contributed by atoms with Gasteiger partial charge in [0.15, 0.2) is 0 Å². The van der Waals surface area contributed by atoms with Crippen LogP contribution in [0.15, 0.2) is 54.6 Å². The number of amides is 5. The maximum atomic E-state index is 13.0. The lowest BCUT2D eigenvalue weighted by molar-refractivity contribution is -0.136. The van der Waals surface area contributed by atoms with Crippen molar-refractivity contribution in [1.82, 2.24) is 16.0 Å². The minimum atomic E-state index is -0.982. The Morgan fingerprint density at radius 2 is 1.54 bits per heavy atom. The number of anilines is 1. The molecule has 3 aliphatic rings. The summed E-state index contributed by atoms with van der Waals surface area (Å²) >= 11 is 0. The van der Waals surface area contributed by atoms with Gasteiger partial charge in [-0.2, -0.15) is 0 Å². The van der Waals surface area contributed by atoms with Crippen LogP contribution in [0.25, 0.3) is 11.1 Å². The quantitative estimate of drug-likeness (QED) is 0.171. The Morgan fingerprint density at radius 3 is 2.26 bits per heavy atom. The number of imide groups is 1. The second-order valence-electron chi connectivity index (χ2n) is 12.5. The van der Waals surface area contributed by atoms with Crippen molar-refractivity contribution in [2.24, 2.45) is 5.92 Å². The molecule has 10 heteroatoms. The smallest absolute Gasteiger partial charge is 0.319 e. The molecule has 2 fully saturated rings. The highest BCUT2D eigenvalue weighted by atomic mass is 16.4. The molecule has 0 spiro atoms. The average molecular weight is 623 g/mol. The number of hydrogen-bond donors (Lipinski definition) is 5. The molecule has 2 saturated carbocycles. The van der Waals surface area contributed by atoms with Crippen LogP contribution in [0.1, 0.15) is 105 Å². The molecule has 3 aromatic rings. The van der Waals surface area contributed by atoms with Gasteiger partial charge in [-0.05, 0) is 102 Å². The molecule has 2 aliphatic carbocycles. The standard InChI is InChI=1S/C36H38N4O6/c41-31(42)16-17-37-33(43)24-10-8-22(9-11-24)20-38-36(46)39-25-12-13-26(23-4-2-1-3-5-23)29(19-25)27-14-15-28-32(35(45)40-34(28)44)30(27)18-21-6-7-21/h8-15,19,21,23H,1-7,16-18,20H2,(H,37,43)(H,41,42)(H2,38,39,46)(H,40,44,45). The summed E-state index contributed by atoms with van der Waals surface area (Å²) in [6.07, 6.45) is 8.54. The molecule has 0 unspecified atom stereocenters. The molecular weight excluding hydrogens is 584 g/mol. The Hall–Kier alpha value is -4.99. The van der Waals surface area contributed by atoms with E-state index in [0.717, 1.165) is 54.4 Å². The number of aliphatic carboxylic acids is 1. The molecule has 0 saturated heterocycles. The molecule has 3 aromatic carbocycles. The lowest BCUT2D eigenvalue weighted by Crippen LogP contribution is -2.28. The maximum Gasteiger partial charge on any atom is 0.319 e. The Balaban J connectivity index is 1.20. The Bertz CT molecular complexity index is 1690. The molecule has 1 aliphatic heterocycles. The topological polar surface area (TPSA) is 154 Å². The highest BCUT2D eigenvalue weighted by Gasteiger charge is 2.34. The Kier molecular flexibility index (Phi) is 9.14. The first-order valence-corrected chi connectivity index (χ1v) is 16.1. The normalized spacial score (nSPS) is 16.0. The number of fused-ring (bicyclic) bond motifs is 1. The summed E-state index contributed by atoms with van der Waals surface area (Å²) in [4.78, 5) is 61.3. The van der Waals surface area contributed by atoms with Gasteiger partial charge in [0.25, 0.3) is 17.7 Å². The van der Waals surface area contributed by atoms with Gasteiger partial charge in [-0.25, -0.2) is 4.79 Å². The fraction of sp³-hybridized carbons (Fsp3) is 0.361. The van der Waals surface area contributed by atoms with Crippen LogP contribution in [0.4, 0.5) is 10.5 Å². The molecule has 10 nitrogen and oxygen atoms in total. The van der Waals surface area contributed by atoms with E-state index >= 15 is 0 Å². The summed E-state index contributed by atoms with van der Waals surface area (Å²) in [5.74, 6) is -1.15. The molecule has 1 heterocycles. The molecule has 5 amide bonds. The van der Waals surface area contributed by atoms with Gasteiger partial charge >= 0.3 is 12.0 Å². The van der Waals surface area contributed by atoms with Crippen LogP contribution >= 0.6 is 0 Å².